The molecule has 1 atom stereocenters. The molecule has 0 aromatic rings. The number of carbonyl (C=O) groups excluding carboxylic acids is 2. The van der Waals surface area contributed by atoms with Gasteiger partial charge in [0.15, 0.2) is 5.78 Å². The van der Waals surface area contributed by atoms with Gasteiger partial charge in [-0.15, -0.1) is 0 Å². The van der Waals surface area contributed by atoms with Crippen LogP contribution in [-0.4, -0.2) is 23.5 Å². The summed E-state index contributed by atoms with van der Waals surface area (Å²) in [5.74, 6) is -2.78. The highest BCUT2D eigenvalue weighted by Gasteiger charge is 2.68. The zero-order valence-electron chi connectivity index (χ0n) is 10.6. The van der Waals surface area contributed by atoms with Crippen LogP contribution in [0.2, 0.25) is 0 Å². The van der Waals surface area contributed by atoms with Gasteiger partial charge >= 0.3 is 12.1 Å². The smallest absolute Gasteiger partial charge is 0.412 e. The van der Waals surface area contributed by atoms with Gasteiger partial charge in [0, 0.05) is 6.42 Å². The molecule has 0 fully saturated rings. The van der Waals surface area contributed by atoms with Crippen LogP contribution < -0.4 is 0 Å². The van der Waals surface area contributed by atoms with Gasteiger partial charge in [-0.1, -0.05) is 5.57 Å². The molecule has 0 aromatic heterocycles. The lowest BCUT2D eigenvalue weighted by Crippen LogP contribution is -2.51. The highest BCUT2D eigenvalue weighted by Crippen LogP contribution is 2.49. The van der Waals surface area contributed by atoms with Crippen LogP contribution in [0.1, 0.15) is 34.1 Å². The Kier molecular flexibility index (Phi) is 3.36. The Bertz CT molecular complexity index is 415. The van der Waals surface area contributed by atoms with E-state index in [0.29, 0.717) is 0 Å². The first kappa shape index (κ1) is 14.7. The van der Waals surface area contributed by atoms with Gasteiger partial charge in [0.05, 0.1) is 0 Å². The Balaban J connectivity index is 3.18. The van der Waals surface area contributed by atoms with E-state index in [-0.39, 0.29) is 5.57 Å². The number of ether oxygens (including phenoxy) is 1. The number of esters is 1. The monoisotopic (exact) mass is 264 g/mol. The summed E-state index contributed by atoms with van der Waals surface area (Å²) >= 11 is 0. The van der Waals surface area contributed by atoms with E-state index < -0.39 is 35.4 Å². The van der Waals surface area contributed by atoms with Crippen molar-refractivity contribution in [1.82, 2.24) is 0 Å². The Morgan fingerprint density at radius 2 is 1.83 bits per heavy atom. The molecule has 0 saturated heterocycles. The third kappa shape index (κ3) is 2.42. The van der Waals surface area contributed by atoms with Crippen molar-refractivity contribution in [2.24, 2.45) is 5.41 Å². The number of rotatable bonds is 1. The fourth-order valence-electron chi connectivity index (χ4n) is 1.80. The SMILES string of the molecule is CC1=CC(=O)[C@](C(=O)OC(C)(C)C)(C(F)(F)F)C1. The predicted molar refractivity (Wildman–Crippen MR) is 57.7 cm³/mol. The molecule has 0 spiro atoms. The van der Waals surface area contributed by atoms with E-state index in [1.54, 1.807) is 0 Å². The maximum atomic E-state index is 13.1. The Morgan fingerprint density at radius 1 is 1.33 bits per heavy atom. The zero-order chi connectivity index (χ0) is 14.4. The Hall–Kier alpha value is -1.33. The van der Waals surface area contributed by atoms with Crippen molar-refractivity contribution < 1.29 is 27.5 Å². The Labute approximate surface area is 103 Å². The second-order valence-corrected chi connectivity index (χ2v) is 5.44. The number of allylic oxidation sites excluding steroid dienone is 2. The molecule has 6 heteroatoms. The van der Waals surface area contributed by atoms with Crippen molar-refractivity contribution >= 4 is 11.8 Å². The van der Waals surface area contributed by atoms with Crippen LogP contribution >= 0.6 is 0 Å². The quantitative estimate of drug-likeness (QED) is 0.540. The second-order valence-electron chi connectivity index (χ2n) is 5.44. The molecule has 0 heterocycles. The van der Waals surface area contributed by atoms with Crippen molar-refractivity contribution in [3.8, 4) is 0 Å². The minimum absolute atomic E-state index is 0.225. The average molecular weight is 264 g/mol. The summed E-state index contributed by atoms with van der Waals surface area (Å²) in [6, 6.07) is 0. The van der Waals surface area contributed by atoms with Gasteiger partial charge in [-0.3, -0.25) is 9.59 Å². The molecule has 0 unspecified atom stereocenters. The number of carbonyl (C=O) groups is 2. The minimum Gasteiger partial charge on any atom is -0.459 e. The van der Waals surface area contributed by atoms with Gasteiger partial charge in [0.25, 0.3) is 0 Å². The highest BCUT2D eigenvalue weighted by atomic mass is 19.4. The number of ketones is 1. The fourth-order valence-corrected chi connectivity index (χ4v) is 1.80. The molecule has 0 amide bonds. The van der Waals surface area contributed by atoms with E-state index in [2.05, 4.69) is 0 Å². The second kappa shape index (κ2) is 4.10. The normalized spacial score (nSPS) is 25.1. The van der Waals surface area contributed by atoms with Crippen LogP contribution in [0.5, 0.6) is 0 Å². The van der Waals surface area contributed by atoms with Crippen LogP contribution in [0.15, 0.2) is 11.6 Å². The first-order chi connectivity index (χ1) is 7.90. The number of halogens is 3. The highest BCUT2D eigenvalue weighted by molar-refractivity contribution is 6.12. The van der Waals surface area contributed by atoms with E-state index in [1.807, 2.05) is 0 Å². The lowest BCUT2D eigenvalue weighted by Gasteiger charge is -2.31. The summed E-state index contributed by atoms with van der Waals surface area (Å²) in [5, 5.41) is 0. The van der Waals surface area contributed by atoms with Crippen molar-refractivity contribution in [1.29, 1.82) is 0 Å². The van der Waals surface area contributed by atoms with Crippen molar-refractivity contribution in [3.05, 3.63) is 11.6 Å². The van der Waals surface area contributed by atoms with Gasteiger partial charge < -0.3 is 4.74 Å². The maximum Gasteiger partial charge on any atom is 0.412 e. The minimum atomic E-state index is -4.96. The first-order valence-corrected chi connectivity index (χ1v) is 5.42. The summed E-state index contributed by atoms with van der Waals surface area (Å²) in [5.41, 5.74) is -3.92. The lowest BCUT2D eigenvalue weighted by atomic mass is 9.82. The standard InChI is InChI=1S/C12H15F3O3/c1-7-5-8(16)11(6-7,12(13,14)15)9(17)18-10(2,3)4/h5H,6H2,1-4H3/t11-/m1/s1. The molecule has 1 aliphatic rings. The lowest BCUT2D eigenvalue weighted by molar-refractivity contribution is -0.231. The largest absolute Gasteiger partial charge is 0.459 e. The molecule has 18 heavy (non-hydrogen) atoms. The van der Waals surface area contributed by atoms with Crippen LogP contribution in [-0.2, 0) is 14.3 Å². The summed E-state index contributed by atoms with van der Waals surface area (Å²) < 4.78 is 44.1. The molecule has 0 bridgehead atoms. The van der Waals surface area contributed by atoms with Crippen LogP contribution in [0.3, 0.4) is 0 Å². The molecular weight excluding hydrogens is 249 g/mol. The fraction of sp³-hybridized carbons (Fsp3) is 0.667. The van der Waals surface area contributed by atoms with Gasteiger partial charge in [-0.05, 0) is 33.8 Å². The molecule has 0 aliphatic heterocycles. The summed E-state index contributed by atoms with van der Waals surface area (Å²) in [6.45, 7) is 5.74. The van der Waals surface area contributed by atoms with E-state index in [4.69, 9.17) is 4.74 Å². The third-order valence-electron chi connectivity index (χ3n) is 2.57. The predicted octanol–water partition coefficient (Wildman–Crippen LogP) is 2.80. The third-order valence-corrected chi connectivity index (χ3v) is 2.57. The molecule has 0 aromatic carbocycles. The molecule has 102 valence electrons. The van der Waals surface area contributed by atoms with E-state index in [9.17, 15) is 22.8 Å². The average Bonchev–Trinajstić information content (AvgIpc) is 2.37. The molecule has 0 saturated carbocycles. The summed E-state index contributed by atoms with van der Waals surface area (Å²) in [6.07, 6.45) is -4.76. The van der Waals surface area contributed by atoms with Gasteiger partial charge in [0.1, 0.15) is 5.60 Å². The molecule has 0 radical (unpaired) electrons. The molecular formula is C12H15F3O3. The zero-order valence-corrected chi connectivity index (χ0v) is 10.6. The van der Waals surface area contributed by atoms with Crippen molar-refractivity contribution in [2.45, 2.75) is 45.9 Å². The molecule has 1 aliphatic carbocycles. The van der Waals surface area contributed by atoms with Crippen LogP contribution in [0.4, 0.5) is 13.2 Å². The molecule has 1 rings (SSSR count). The van der Waals surface area contributed by atoms with E-state index >= 15 is 0 Å². The number of hydrogen-bond donors (Lipinski definition) is 0. The topological polar surface area (TPSA) is 43.4 Å². The van der Waals surface area contributed by atoms with Crippen LogP contribution in [0, 0.1) is 5.41 Å². The van der Waals surface area contributed by atoms with Crippen molar-refractivity contribution in [3.63, 3.8) is 0 Å². The van der Waals surface area contributed by atoms with E-state index in [0.717, 1.165) is 6.08 Å². The maximum absolute atomic E-state index is 13.1. The van der Waals surface area contributed by atoms with Gasteiger partial charge in [-0.25, -0.2) is 0 Å². The van der Waals surface area contributed by atoms with E-state index in [1.165, 1.54) is 27.7 Å². The number of hydrogen-bond acceptors (Lipinski definition) is 3. The summed E-state index contributed by atoms with van der Waals surface area (Å²) in [4.78, 5) is 23.4. The first-order valence-electron chi connectivity index (χ1n) is 5.42. The molecule has 0 N–H and O–H groups in total. The Morgan fingerprint density at radius 3 is 2.11 bits per heavy atom. The van der Waals surface area contributed by atoms with Crippen molar-refractivity contribution in [2.75, 3.05) is 0 Å². The summed E-state index contributed by atoms with van der Waals surface area (Å²) in [7, 11) is 0. The van der Waals surface area contributed by atoms with Gasteiger partial charge in [-0.2, -0.15) is 13.2 Å². The number of alkyl halides is 3. The van der Waals surface area contributed by atoms with Crippen LogP contribution in [0.25, 0.3) is 0 Å². The molecule has 3 nitrogen and oxygen atoms in total. The van der Waals surface area contributed by atoms with Gasteiger partial charge in [0.2, 0.25) is 5.41 Å².